The van der Waals surface area contributed by atoms with Gasteiger partial charge in [-0.1, -0.05) is 30.3 Å². The van der Waals surface area contributed by atoms with Crippen molar-refractivity contribution in [2.24, 2.45) is 0 Å². The van der Waals surface area contributed by atoms with E-state index in [-0.39, 0.29) is 6.10 Å². The van der Waals surface area contributed by atoms with Crippen LogP contribution < -0.4 is 9.47 Å². The number of hydrogen-bond donors (Lipinski definition) is 0. The molecule has 1 aliphatic rings. The summed E-state index contributed by atoms with van der Waals surface area (Å²) >= 11 is 0. The molecule has 17 heavy (non-hydrogen) atoms. The van der Waals surface area contributed by atoms with E-state index in [0.717, 1.165) is 17.9 Å². The Balaban J connectivity index is 1.83. The Morgan fingerprint density at radius 2 is 1.82 bits per heavy atom. The van der Waals surface area contributed by atoms with E-state index < -0.39 is 0 Å². The summed E-state index contributed by atoms with van der Waals surface area (Å²) in [5, 5.41) is 0. The van der Waals surface area contributed by atoms with Crippen molar-refractivity contribution in [3.05, 3.63) is 59.7 Å². The SMILES string of the molecule is COc1ccc(C2Cc3ccccc3O2)cc1. The van der Waals surface area contributed by atoms with Crippen molar-refractivity contribution in [3.8, 4) is 11.5 Å². The van der Waals surface area contributed by atoms with Crippen LogP contribution in [0.1, 0.15) is 17.2 Å². The summed E-state index contributed by atoms with van der Waals surface area (Å²) in [7, 11) is 1.68. The second-order valence-corrected chi connectivity index (χ2v) is 4.19. The first-order valence-corrected chi connectivity index (χ1v) is 5.75. The molecule has 0 N–H and O–H groups in total. The van der Waals surface area contributed by atoms with Gasteiger partial charge in [0.15, 0.2) is 0 Å². The second kappa shape index (κ2) is 4.13. The van der Waals surface area contributed by atoms with Gasteiger partial charge in [-0.15, -0.1) is 0 Å². The van der Waals surface area contributed by atoms with Gasteiger partial charge < -0.3 is 9.47 Å². The van der Waals surface area contributed by atoms with Gasteiger partial charge in [-0.05, 0) is 29.3 Å². The molecule has 1 heterocycles. The Labute approximate surface area is 101 Å². The molecule has 2 heteroatoms. The highest BCUT2D eigenvalue weighted by molar-refractivity contribution is 5.40. The summed E-state index contributed by atoms with van der Waals surface area (Å²) in [6.45, 7) is 0. The smallest absolute Gasteiger partial charge is 0.128 e. The minimum absolute atomic E-state index is 0.137. The Hall–Kier alpha value is -1.96. The van der Waals surface area contributed by atoms with Gasteiger partial charge in [0.05, 0.1) is 7.11 Å². The molecule has 0 saturated heterocycles. The molecule has 2 aromatic carbocycles. The molecule has 1 aliphatic heterocycles. The van der Waals surface area contributed by atoms with Crippen LogP contribution >= 0.6 is 0 Å². The molecule has 1 atom stereocenters. The van der Waals surface area contributed by atoms with E-state index in [0.29, 0.717) is 0 Å². The predicted molar refractivity (Wildman–Crippen MR) is 66.5 cm³/mol. The molecule has 0 spiro atoms. The van der Waals surface area contributed by atoms with E-state index in [2.05, 4.69) is 24.3 Å². The quantitative estimate of drug-likeness (QED) is 0.781. The van der Waals surface area contributed by atoms with Gasteiger partial charge in [0, 0.05) is 6.42 Å². The molecule has 0 amide bonds. The maximum atomic E-state index is 5.93. The average molecular weight is 226 g/mol. The minimum atomic E-state index is 0.137. The van der Waals surface area contributed by atoms with Gasteiger partial charge in [-0.25, -0.2) is 0 Å². The third-order valence-corrected chi connectivity index (χ3v) is 3.13. The van der Waals surface area contributed by atoms with Crippen LogP contribution in [0, 0.1) is 0 Å². The van der Waals surface area contributed by atoms with Crippen molar-refractivity contribution in [1.29, 1.82) is 0 Å². The maximum Gasteiger partial charge on any atom is 0.128 e. The first kappa shape index (κ1) is 10.2. The standard InChI is InChI=1S/C15H14O2/c1-16-13-8-6-11(7-9-13)15-10-12-4-2-3-5-14(12)17-15/h2-9,15H,10H2,1H3. The fourth-order valence-corrected chi connectivity index (χ4v) is 2.19. The molecule has 0 bridgehead atoms. The maximum absolute atomic E-state index is 5.93. The summed E-state index contributed by atoms with van der Waals surface area (Å²) in [5.41, 5.74) is 2.48. The molecule has 0 fully saturated rings. The number of methoxy groups -OCH3 is 1. The van der Waals surface area contributed by atoms with Crippen molar-refractivity contribution in [2.75, 3.05) is 7.11 Å². The van der Waals surface area contributed by atoms with Crippen LogP contribution in [-0.2, 0) is 6.42 Å². The van der Waals surface area contributed by atoms with Crippen LogP contribution in [0.15, 0.2) is 48.5 Å². The van der Waals surface area contributed by atoms with Crippen LogP contribution in [0.5, 0.6) is 11.5 Å². The zero-order chi connectivity index (χ0) is 11.7. The van der Waals surface area contributed by atoms with Crippen LogP contribution in [0.3, 0.4) is 0 Å². The highest BCUT2D eigenvalue weighted by atomic mass is 16.5. The third kappa shape index (κ3) is 1.86. The predicted octanol–water partition coefficient (Wildman–Crippen LogP) is 3.37. The molecular formula is C15H14O2. The number of benzene rings is 2. The highest BCUT2D eigenvalue weighted by Crippen LogP contribution is 2.36. The van der Waals surface area contributed by atoms with E-state index >= 15 is 0 Å². The number of hydrogen-bond acceptors (Lipinski definition) is 2. The summed E-state index contributed by atoms with van der Waals surface area (Å²) in [4.78, 5) is 0. The first-order chi connectivity index (χ1) is 8.36. The average Bonchev–Trinajstić information content (AvgIpc) is 2.82. The Morgan fingerprint density at radius 1 is 1.06 bits per heavy atom. The number of rotatable bonds is 2. The van der Waals surface area contributed by atoms with Crippen molar-refractivity contribution >= 4 is 0 Å². The second-order valence-electron chi connectivity index (χ2n) is 4.19. The number of ether oxygens (including phenoxy) is 2. The molecule has 1 unspecified atom stereocenters. The van der Waals surface area contributed by atoms with Gasteiger partial charge in [0.25, 0.3) is 0 Å². The normalized spacial score (nSPS) is 17.4. The van der Waals surface area contributed by atoms with Crippen molar-refractivity contribution in [1.82, 2.24) is 0 Å². The van der Waals surface area contributed by atoms with Crippen molar-refractivity contribution in [3.63, 3.8) is 0 Å². The summed E-state index contributed by atoms with van der Waals surface area (Å²) in [6.07, 6.45) is 1.08. The van der Waals surface area contributed by atoms with Crippen molar-refractivity contribution < 1.29 is 9.47 Å². The molecule has 0 saturated carbocycles. The van der Waals surface area contributed by atoms with E-state index in [9.17, 15) is 0 Å². The lowest BCUT2D eigenvalue weighted by molar-refractivity contribution is 0.238. The zero-order valence-corrected chi connectivity index (χ0v) is 9.72. The first-order valence-electron chi connectivity index (χ1n) is 5.75. The fourth-order valence-electron chi connectivity index (χ4n) is 2.19. The van der Waals surface area contributed by atoms with E-state index in [1.165, 1.54) is 11.1 Å². The van der Waals surface area contributed by atoms with Gasteiger partial charge >= 0.3 is 0 Å². The van der Waals surface area contributed by atoms with Crippen LogP contribution in [-0.4, -0.2) is 7.11 Å². The molecule has 3 rings (SSSR count). The Morgan fingerprint density at radius 3 is 2.53 bits per heavy atom. The van der Waals surface area contributed by atoms with Gasteiger partial charge in [-0.3, -0.25) is 0 Å². The molecule has 86 valence electrons. The van der Waals surface area contributed by atoms with E-state index in [1.54, 1.807) is 7.11 Å². The van der Waals surface area contributed by atoms with Gasteiger partial charge in [-0.2, -0.15) is 0 Å². The van der Waals surface area contributed by atoms with Gasteiger partial charge in [0.1, 0.15) is 17.6 Å². The van der Waals surface area contributed by atoms with Gasteiger partial charge in [0.2, 0.25) is 0 Å². The largest absolute Gasteiger partial charge is 0.497 e. The van der Waals surface area contributed by atoms with E-state index in [1.807, 2.05) is 24.3 Å². The summed E-state index contributed by atoms with van der Waals surface area (Å²) in [5.74, 6) is 1.89. The Kier molecular flexibility index (Phi) is 2.48. The Bertz CT molecular complexity index is 492. The lowest BCUT2D eigenvalue weighted by Crippen LogP contribution is -2.02. The molecule has 2 nitrogen and oxygen atoms in total. The molecule has 0 aliphatic carbocycles. The number of fused-ring (bicyclic) bond motifs is 1. The summed E-state index contributed by atoms with van der Waals surface area (Å²) in [6, 6.07) is 16.3. The molecule has 0 radical (unpaired) electrons. The number of para-hydroxylation sites is 1. The monoisotopic (exact) mass is 226 g/mol. The summed E-state index contributed by atoms with van der Waals surface area (Å²) < 4.78 is 11.1. The minimum Gasteiger partial charge on any atom is -0.497 e. The van der Waals surface area contributed by atoms with Crippen LogP contribution in [0.2, 0.25) is 0 Å². The molecular weight excluding hydrogens is 212 g/mol. The topological polar surface area (TPSA) is 18.5 Å². The van der Waals surface area contributed by atoms with Crippen molar-refractivity contribution in [2.45, 2.75) is 12.5 Å². The zero-order valence-electron chi connectivity index (χ0n) is 9.72. The van der Waals surface area contributed by atoms with Crippen LogP contribution in [0.4, 0.5) is 0 Å². The lowest BCUT2D eigenvalue weighted by Gasteiger charge is -2.11. The van der Waals surface area contributed by atoms with E-state index in [4.69, 9.17) is 9.47 Å². The highest BCUT2D eigenvalue weighted by Gasteiger charge is 2.23. The third-order valence-electron chi connectivity index (χ3n) is 3.13. The molecule has 2 aromatic rings. The van der Waals surface area contributed by atoms with Crippen LogP contribution in [0.25, 0.3) is 0 Å². The lowest BCUT2D eigenvalue weighted by atomic mass is 10.0. The molecule has 0 aromatic heterocycles. The fraction of sp³-hybridized carbons (Fsp3) is 0.200.